The van der Waals surface area contributed by atoms with E-state index in [0.717, 1.165) is 31.8 Å². The Hall–Kier alpha value is -1.65. The van der Waals surface area contributed by atoms with Crippen LogP contribution in [0.4, 0.5) is 0 Å². The fourth-order valence-corrected chi connectivity index (χ4v) is 2.04. The van der Waals surface area contributed by atoms with Gasteiger partial charge in [0.2, 0.25) is 0 Å². The molecule has 0 bridgehead atoms. The topological polar surface area (TPSA) is 49.9 Å². The Morgan fingerprint density at radius 3 is 3.00 bits per heavy atom. The highest BCUT2D eigenvalue weighted by Crippen LogP contribution is 2.06. The molecule has 19 heavy (non-hydrogen) atoms. The number of imidazole rings is 1. The highest BCUT2D eigenvalue weighted by atomic mass is 16.5. The first-order valence-corrected chi connectivity index (χ1v) is 6.64. The molecule has 1 heterocycles. The van der Waals surface area contributed by atoms with E-state index >= 15 is 0 Å². The first kappa shape index (κ1) is 13.8. The van der Waals surface area contributed by atoms with E-state index in [1.165, 1.54) is 11.1 Å². The third-order valence-electron chi connectivity index (χ3n) is 2.95. The zero-order valence-corrected chi connectivity index (χ0v) is 11.4. The van der Waals surface area contributed by atoms with Gasteiger partial charge in [0, 0.05) is 32.5 Å². The molecule has 0 saturated carbocycles. The Morgan fingerprint density at radius 2 is 2.21 bits per heavy atom. The number of hydrogen-bond acceptors (Lipinski definition) is 3. The first-order chi connectivity index (χ1) is 9.38. The monoisotopic (exact) mass is 259 g/mol. The molecule has 102 valence electrons. The minimum Gasteiger partial charge on any atom is -0.380 e. The molecule has 0 aliphatic rings. The van der Waals surface area contributed by atoms with E-state index < -0.39 is 0 Å². The van der Waals surface area contributed by atoms with E-state index in [9.17, 15) is 0 Å². The number of hydrogen-bond donors (Lipinski definition) is 2. The maximum absolute atomic E-state index is 5.14. The van der Waals surface area contributed by atoms with E-state index in [1.54, 1.807) is 13.3 Å². The van der Waals surface area contributed by atoms with Crippen molar-refractivity contribution in [1.82, 2.24) is 15.3 Å². The van der Waals surface area contributed by atoms with Crippen molar-refractivity contribution in [2.75, 3.05) is 13.7 Å². The van der Waals surface area contributed by atoms with Crippen LogP contribution in [0.2, 0.25) is 0 Å². The zero-order valence-electron chi connectivity index (χ0n) is 11.4. The molecule has 2 aromatic rings. The third-order valence-corrected chi connectivity index (χ3v) is 2.95. The second-order valence-corrected chi connectivity index (χ2v) is 4.57. The molecule has 2 rings (SSSR count). The summed E-state index contributed by atoms with van der Waals surface area (Å²) in [5.41, 5.74) is 2.52. The number of benzene rings is 1. The smallest absolute Gasteiger partial charge is 0.106 e. The molecule has 4 nitrogen and oxygen atoms in total. The number of aryl methyl sites for hydroxylation is 1. The van der Waals surface area contributed by atoms with Crippen molar-refractivity contribution < 1.29 is 4.74 Å². The van der Waals surface area contributed by atoms with Crippen LogP contribution >= 0.6 is 0 Å². The van der Waals surface area contributed by atoms with Gasteiger partial charge in [0.1, 0.15) is 5.82 Å². The highest BCUT2D eigenvalue weighted by Gasteiger charge is 1.97. The fraction of sp³-hybridized carbons (Fsp3) is 0.400. The van der Waals surface area contributed by atoms with Gasteiger partial charge in [-0.25, -0.2) is 4.98 Å². The van der Waals surface area contributed by atoms with Crippen LogP contribution in [0, 0.1) is 0 Å². The van der Waals surface area contributed by atoms with E-state index in [1.807, 2.05) is 6.20 Å². The van der Waals surface area contributed by atoms with Gasteiger partial charge < -0.3 is 15.0 Å². The van der Waals surface area contributed by atoms with Crippen molar-refractivity contribution in [3.63, 3.8) is 0 Å². The molecule has 1 aromatic carbocycles. The summed E-state index contributed by atoms with van der Waals surface area (Å²) in [4.78, 5) is 7.32. The van der Waals surface area contributed by atoms with Gasteiger partial charge >= 0.3 is 0 Å². The van der Waals surface area contributed by atoms with Gasteiger partial charge in [-0.05, 0) is 24.1 Å². The summed E-state index contributed by atoms with van der Waals surface area (Å²) in [5, 5.41) is 3.45. The normalized spacial score (nSPS) is 10.8. The summed E-state index contributed by atoms with van der Waals surface area (Å²) in [6, 6.07) is 8.49. The quantitative estimate of drug-likeness (QED) is 0.715. The number of nitrogens with zero attached hydrogens (tertiary/aromatic N) is 1. The van der Waals surface area contributed by atoms with E-state index in [4.69, 9.17) is 4.74 Å². The molecular weight excluding hydrogens is 238 g/mol. The minimum absolute atomic E-state index is 0.673. The average molecular weight is 259 g/mol. The minimum atomic E-state index is 0.673. The summed E-state index contributed by atoms with van der Waals surface area (Å²) in [7, 11) is 1.72. The lowest BCUT2D eigenvalue weighted by molar-refractivity contribution is 0.185. The van der Waals surface area contributed by atoms with Crippen LogP contribution in [0.25, 0.3) is 0 Å². The second-order valence-electron chi connectivity index (χ2n) is 4.57. The van der Waals surface area contributed by atoms with Crippen LogP contribution in [0.5, 0.6) is 0 Å². The SMILES string of the molecule is COCc1cccc(CNCCCc2ncc[nH]2)c1. The molecular formula is C15H21N3O. The summed E-state index contributed by atoms with van der Waals surface area (Å²) in [5.74, 6) is 1.06. The Bertz CT molecular complexity index is 468. The van der Waals surface area contributed by atoms with Crippen molar-refractivity contribution in [2.45, 2.75) is 26.0 Å². The van der Waals surface area contributed by atoms with Gasteiger partial charge in [0.05, 0.1) is 6.61 Å². The van der Waals surface area contributed by atoms with Gasteiger partial charge in [0.15, 0.2) is 0 Å². The molecule has 0 aliphatic heterocycles. The molecule has 0 spiro atoms. The van der Waals surface area contributed by atoms with E-state index in [2.05, 4.69) is 39.6 Å². The lowest BCUT2D eigenvalue weighted by Gasteiger charge is -2.06. The third kappa shape index (κ3) is 4.85. The number of nitrogens with one attached hydrogen (secondary N) is 2. The van der Waals surface area contributed by atoms with E-state index in [0.29, 0.717) is 6.61 Å². The maximum Gasteiger partial charge on any atom is 0.106 e. The molecule has 4 heteroatoms. The van der Waals surface area contributed by atoms with E-state index in [-0.39, 0.29) is 0 Å². The van der Waals surface area contributed by atoms with Crippen molar-refractivity contribution in [3.8, 4) is 0 Å². The highest BCUT2D eigenvalue weighted by molar-refractivity contribution is 5.22. The summed E-state index contributed by atoms with van der Waals surface area (Å²) < 4.78 is 5.14. The zero-order chi connectivity index (χ0) is 13.3. The van der Waals surface area contributed by atoms with Gasteiger partial charge in [-0.2, -0.15) is 0 Å². The lowest BCUT2D eigenvalue weighted by Crippen LogP contribution is -2.15. The number of H-pyrrole nitrogens is 1. The fourth-order valence-electron chi connectivity index (χ4n) is 2.04. The van der Waals surface area contributed by atoms with Crippen LogP contribution in [0.3, 0.4) is 0 Å². The van der Waals surface area contributed by atoms with Gasteiger partial charge in [-0.15, -0.1) is 0 Å². The van der Waals surface area contributed by atoms with Crippen LogP contribution < -0.4 is 5.32 Å². The van der Waals surface area contributed by atoms with Gasteiger partial charge in [-0.3, -0.25) is 0 Å². The van der Waals surface area contributed by atoms with Crippen LogP contribution in [0.15, 0.2) is 36.7 Å². The number of aromatic nitrogens is 2. The molecule has 2 N–H and O–H groups in total. The molecule has 0 fully saturated rings. The average Bonchev–Trinajstić information content (AvgIpc) is 2.92. The van der Waals surface area contributed by atoms with Crippen molar-refractivity contribution in [1.29, 1.82) is 0 Å². The standard InChI is InChI=1S/C15H21N3O/c1-19-12-14-5-2-4-13(10-14)11-16-7-3-6-15-17-8-9-18-15/h2,4-5,8-10,16H,3,6-7,11-12H2,1H3,(H,17,18). The van der Waals surface area contributed by atoms with Gasteiger partial charge in [-0.1, -0.05) is 24.3 Å². The Kier molecular flexibility index (Phi) is 5.59. The molecule has 0 unspecified atom stereocenters. The number of aromatic amines is 1. The number of methoxy groups -OCH3 is 1. The van der Waals surface area contributed by atoms with Crippen molar-refractivity contribution in [2.24, 2.45) is 0 Å². The molecule has 0 radical (unpaired) electrons. The molecule has 0 amide bonds. The van der Waals surface area contributed by atoms with Crippen molar-refractivity contribution in [3.05, 3.63) is 53.6 Å². The maximum atomic E-state index is 5.14. The Morgan fingerprint density at radius 1 is 1.32 bits per heavy atom. The van der Waals surface area contributed by atoms with Crippen LogP contribution in [-0.4, -0.2) is 23.6 Å². The first-order valence-electron chi connectivity index (χ1n) is 6.64. The van der Waals surface area contributed by atoms with Gasteiger partial charge in [0.25, 0.3) is 0 Å². The van der Waals surface area contributed by atoms with Crippen molar-refractivity contribution >= 4 is 0 Å². The summed E-state index contributed by atoms with van der Waals surface area (Å²) >= 11 is 0. The lowest BCUT2D eigenvalue weighted by atomic mass is 10.1. The predicted octanol–water partition coefficient (Wildman–Crippen LogP) is 2.28. The largest absolute Gasteiger partial charge is 0.380 e. The Labute approximate surface area is 114 Å². The van der Waals surface area contributed by atoms with Crippen LogP contribution in [-0.2, 0) is 24.3 Å². The number of rotatable bonds is 8. The second kappa shape index (κ2) is 7.71. The number of ether oxygens (including phenoxy) is 1. The van der Waals surface area contributed by atoms with Crippen LogP contribution in [0.1, 0.15) is 23.4 Å². The molecule has 0 aliphatic carbocycles. The Balaban J connectivity index is 1.66. The molecule has 1 aromatic heterocycles. The summed E-state index contributed by atoms with van der Waals surface area (Å²) in [6.07, 6.45) is 5.74. The molecule has 0 saturated heterocycles. The predicted molar refractivity (Wildman–Crippen MR) is 75.8 cm³/mol. The summed E-state index contributed by atoms with van der Waals surface area (Å²) in [6.45, 7) is 2.57. The molecule has 0 atom stereocenters.